The van der Waals surface area contributed by atoms with Gasteiger partial charge in [0, 0.05) is 82.2 Å². The van der Waals surface area contributed by atoms with Crippen LogP contribution in [0.1, 0.15) is 82.0 Å². The summed E-state index contributed by atoms with van der Waals surface area (Å²) in [5, 5.41) is 19.9. The van der Waals surface area contributed by atoms with E-state index in [-0.39, 0.29) is 84.3 Å². The number of ether oxygens (including phenoxy) is 2. The monoisotopic (exact) mass is 1750 g/mol. The van der Waals surface area contributed by atoms with Crippen molar-refractivity contribution in [3.05, 3.63) is 272 Å². The lowest BCUT2D eigenvalue weighted by atomic mass is 10.2. The summed E-state index contributed by atoms with van der Waals surface area (Å²) in [6, 6.07) is 25.5. The number of nitrogens with zero attached hydrogens (tertiary/aromatic N) is 15. The highest BCUT2D eigenvalue weighted by Crippen LogP contribution is 2.32. The molecular weight excluding hydrogens is 1680 g/mol. The van der Waals surface area contributed by atoms with Crippen LogP contribution in [0.5, 0.6) is 0 Å². The molecule has 0 unspecified atom stereocenters. The Morgan fingerprint density at radius 3 is 1.29 bits per heavy atom. The first-order chi connectivity index (χ1) is 53.7. The first-order valence-electron chi connectivity index (χ1n) is 33.3. The van der Waals surface area contributed by atoms with E-state index in [1.165, 1.54) is 149 Å². The van der Waals surface area contributed by atoms with Crippen LogP contribution in [0.4, 0.5) is 63.3 Å². The third kappa shape index (κ3) is 25.1. The van der Waals surface area contributed by atoms with Gasteiger partial charge in [-0.15, -0.1) is 0 Å². The highest BCUT2D eigenvalue weighted by Gasteiger charge is 2.39. The number of carbonyl (C=O) groups is 4. The van der Waals surface area contributed by atoms with Crippen molar-refractivity contribution in [2.24, 2.45) is 5.92 Å². The summed E-state index contributed by atoms with van der Waals surface area (Å²) in [6.45, 7) is 12.4. The predicted molar refractivity (Wildman–Crippen MR) is 416 cm³/mol. The van der Waals surface area contributed by atoms with Crippen molar-refractivity contribution in [1.82, 2.24) is 73.1 Å². The molecule has 3 amide bonds. The molecule has 12 aromatic rings. The number of halogens is 11. The molecule has 2 fully saturated rings. The van der Waals surface area contributed by atoms with Crippen molar-refractivity contribution in [2.45, 2.75) is 90.9 Å². The van der Waals surface area contributed by atoms with Gasteiger partial charge in [0.05, 0.1) is 38.8 Å². The summed E-state index contributed by atoms with van der Waals surface area (Å²) < 4.78 is 106. The summed E-state index contributed by atoms with van der Waals surface area (Å²) in [7, 11) is 2.97. The number of aromatic nitrogens is 14. The van der Waals surface area contributed by atoms with Gasteiger partial charge >= 0.3 is 18.2 Å². The van der Waals surface area contributed by atoms with E-state index in [1.807, 2.05) is 6.92 Å². The van der Waals surface area contributed by atoms with Crippen LogP contribution in [-0.4, -0.2) is 141 Å². The van der Waals surface area contributed by atoms with E-state index in [0.717, 1.165) is 32.4 Å². The fourth-order valence-corrected chi connectivity index (χ4v) is 9.70. The van der Waals surface area contributed by atoms with E-state index in [2.05, 4.69) is 82.3 Å². The first-order valence-corrected chi connectivity index (χ1v) is 35.6. The van der Waals surface area contributed by atoms with Gasteiger partial charge in [-0.2, -0.15) is 23.6 Å². The number of pyridine rings is 8. The van der Waals surface area contributed by atoms with Gasteiger partial charge in [0.15, 0.2) is 52.0 Å². The summed E-state index contributed by atoms with van der Waals surface area (Å²) in [5.74, 6) is -4.47. The molecule has 0 spiro atoms. The number of nitrogens with one attached hydrogen (secondary N) is 2. The first kappa shape index (κ1) is 89.0. The summed E-state index contributed by atoms with van der Waals surface area (Å²) in [6.07, 6.45) is 12.2. The zero-order chi connectivity index (χ0) is 84.2. The molecule has 2 aliphatic rings. The molecule has 0 aliphatic heterocycles. The molecule has 30 nitrogen and oxygen atoms in total. The SMILES string of the molecule is CN(C(=O)OC(C)(C)C)c1cc(Cl)nc2c(C(=O)N[C@@H]3C[C@@H]3F)cnn12.CN(C(=O)OC(C)(C)C)c1cc(Cl)nc2c(C(=O)O)cnn12.C[C@@H]1C[C@@H]1F.Fc1cccnc1F.Nc1cccn(-c2ncccc2F)c1=O.Nc1cccn(-c2ncccc2F)c1=O.O=c1[nH]cccc1Br.O=c1c(Br)cccn1-c1ncccc1F. The molecule has 4 atom stereocenters. The van der Waals surface area contributed by atoms with Crippen molar-refractivity contribution in [3.63, 3.8) is 0 Å². The smallest absolute Gasteiger partial charge is 0.415 e. The largest absolute Gasteiger partial charge is 0.477 e. The number of anilines is 4. The van der Waals surface area contributed by atoms with Crippen LogP contribution in [0, 0.1) is 35.1 Å². The Bertz CT molecular complexity index is 5410. The highest BCUT2D eigenvalue weighted by molar-refractivity contribution is 9.10. The van der Waals surface area contributed by atoms with Crippen LogP contribution in [0.25, 0.3) is 28.7 Å². The Hall–Kier alpha value is -12.2. The predicted octanol–water partition coefficient (Wildman–Crippen LogP) is 12.9. The summed E-state index contributed by atoms with van der Waals surface area (Å²) >= 11 is 18.1. The Labute approximate surface area is 669 Å². The van der Waals surface area contributed by atoms with Crippen molar-refractivity contribution < 1.29 is 64.5 Å². The van der Waals surface area contributed by atoms with E-state index in [4.69, 9.17) is 49.2 Å². The molecular formula is C73H70Br2Cl2F7N19O11. The van der Waals surface area contributed by atoms with Crippen LogP contribution in [-0.2, 0) is 9.47 Å². The van der Waals surface area contributed by atoms with E-state index in [1.54, 1.807) is 84.1 Å². The number of carboxylic acid groups (broad SMARTS) is 1. The van der Waals surface area contributed by atoms with Gasteiger partial charge in [0.25, 0.3) is 28.1 Å². The topological polar surface area (TPSA) is 388 Å². The number of carboxylic acids is 1. The van der Waals surface area contributed by atoms with E-state index < -0.39 is 94.0 Å². The molecule has 0 radical (unpaired) electrons. The van der Waals surface area contributed by atoms with Crippen molar-refractivity contribution >= 4 is 113 Å². The Morgan fingerprint density at radius 1 is 0.570 bits per heavy atom. The van der Waals surface area contributed by atoms with Gasteiger partial charge in [0.2, 0.25) is 5.95 Å². The Morgan fingerprint density at radius 2 is 0.947 bits per heavy atom. The number of hydrogen-bond donors (Lipinski definition) is 5. The Balaban J connectivity index is 0.000000187. The number of H-pyrrole nitrogens is 1. The zero-order valence-corrected chi connectivity index (χ0v) is 66.1. The Kier molecular flexibility index (Phi) is 31.1. The average Bonchev–Trinajstić information content (AvgIpc) is 1.62. The molecule has 14 rings (SSSR count). The second-order valence-electron chi connectivity index (χ2n) is 25.8. The lowest BCUT2D eigenvalue weighted by Crippen LogP contribution is -2.35. The molecule has 7 N–H and O–H groups in total. The van der Waals surface area contributed by atoms with Crippen molar-refractivity contribution in [1.29, 1.82) is 0 Å². The fraction of sp³-hybridized carbons (Fsp3) is 0.233. The molecule has 600 valence electrons. The zero-order valence-electron chi connectivity index (χ0n) is 61.4. The molecule has 2 aliphatic carbocycles. The van der Waals surface area contributed by atoms with E-state index in [9.17, 15) is 69.1 Å². The standard InChI is InChI=1S/C16H19ClFN5O3.C13H15ClN4O4.C10H6BrFN2O.2C10H8FN3O.C5H4BrNO.C5H3F2N.C4H7F/c1-16(2,3)26-15(25)22(4)12-6-11(17)21-13-8(7-19-23(12)13)14(24)20-10-5-9(10)18;1-13(2,3)22-12(21)17(4)9-5-8(14)16-10-7(11(19)20)6-15-18(9)10;11-7-3-2-6-14(10(7)15)9-8(12)4-1-5-13-9;2*11-7-3-1-5-13-9(7)14-6-2-4-8(12)10(14)15;6-4-2-1-3-7-5(4)8;6-4-2-1-3-8-5(4)7;1-3-2-4(3)5/h6-7,9-10H,5H2,1-4H3,(H,20,24);5-6H,1-4H3,(H,19,20);1-6H;2*1-6H,12H2;1-3H,(H,7,8);1-3H;3-4H,2H2,1H3/t9-,10+;;;;;;;3-,4+/m0......1/s1. The van der Waals surface area contributed by atoms with Gasteiger partial charge in [-0.3, -0.25) is 47.5 Å². The van der Waals surface area contributed by atoms with Gasteiger partial charge in [-0.1, -0.05) is 30.1 Å². The molecule has 0 bridgehead atoms. The third-order valence-electron chi connectivity index (χ3n) is 14.6. The maximum Gasteiger partial charge on any atom is 0.415 e. The number of hydrogen-bond acceptors (Lipinski definition) is 20. The number of fused-ring (bicyclic) bond motifs is 2. The second-order valence-corrected chi connectivity index (χ2v) is 28.2. The van der Waals surface area contributed by atoms with Gasteiger partial charge in [-0.05, 0) is 183 Å². The third-order valence-corrected chi connectivity index (χ3v) is 16.2. The molecule has 12 heterocycles. The number of nitrogen functional groups attached to an aromatic ring is 2. The highest BCUT2D eigenvalue weighted by atomic mass is 79.9. The quantitative estimate of drug-likeness (QED) is 0.0536. The van der Waals surface area contributed by atoms with Crippen LogP contribution >= 0.6 is 55.1 Å². The molecule has 12 aromatic heterocycles. The van der Waals surface area contributed by atoms with Gasteiger partial charge in [-0.25, -0.2) is 70.6 Å². The maximum absolute atomic E-state index is 13.3. The van der Waals surface area contributed by atoms with Crippen LogP contribution in [0.3, 0.4) is 0 Å². The molecule has 2 saturated carbocycles. The summed E-state index contributed by atoms with van der Waals surface area (Å²) in [5.41, 5.74) is 8.48. The molecule has 0 saturated heterocycles. The van der Waals surface area contributed by atoms with Gasteiger partial charge < -0.3 is 36.3 Å². The maximum atomic E-state index is 13.3. The van der Waals surface area contributed by atoms with E-state index >= 15 is 0 Å². The van der Waals surface area contributed by atoms with Crippen LogP contribution in [0.2, 0.25) is 10.3 Å². The van der Waals surface area contributed by atoms with Crippen molar-refractivity contribution in [2.75, 3.05) is 35.4 Å². The molecule has 41 heteroatoms. The lowest BCUT2D eigenvalue weighted by molar-refractivity contribution is 0.0577. The number of alkyl halides is 2. The molecule has 0 aromatic carbocycles. The fourth-order valence-electron chi connectivity index (χ4n) is 8.73. The van der Waals surface area contributed by atoms with Crippen LogP contribution in [0.15, 0.2) is 199 Å². The normalized spacial score (nSPS) is 14.1. The molecule has 114 heavy (non-hydrogen) atoms. The number of rotatable bonds is 8. The minimum atomic E-state index is -1.18. The van der Waals surface area contributed by atoms with E-state index in [0.29, 0.717) is 21.3 Å². The average molecular weight is 1750 g/mol. The number of carbonyl (C=O) groups excluding carboxylic acids is 3. The summed E-state index contributed by atoms with van der Waals surface area (Å²) in [4.78, 5) is 121. The van der Waals surface area contributed by atoms with Gasteiger partial charge in [0.1, 0.15) is 56.6 Å². The lowest BCUT2D eigenvalue weighted by Gasteiger charge is -2.24. The van der Waals surface area contributed by atoms with Crippen LogP contribution < -0.4 is 48.8 Å². The number of nitrogens with two attached hydrogens (primary N) is 2. The number of amides is 3. The minimum Gasteiger partial charge on any atom is -0.477 e. The number of aromatic amines is 1. The minimum absolute atomic E-state index is 0.00352. The number of aromatic carboxylic acids is 1. The van der Waals surface area contributed by atoms with Crippen molar-refractivity contribution in [3.8, 4) is 17.5 Å². The second kappa shape index (κ2) is 39.8.